The number of halogens is 4. The molecule has 0 radical (unpaired) electrons. The van der Waals surface area contributed by atoms with E-state index in [1.165, 1.54) is 7.11 Å². The first-order valence-corrected chi connectivity index (χ1v) is 6.94. The van der Waals surface area contributed by atoms with Gasteiger partial charge in [0, 0.05) is 16.7 Å². The van der Waals surface area contributed by atoms with Gasteiger partial charge in [0.15, 0.2) is 0 Å². The molecule has 0 amide bonds. The molecule has 4 nitrogen and oxygen atoms in total. The zero-order valence-electron chi connectivity index (χ0n) is 11.7. The van der Waals surface area contributed by atoms with Gasteiger partial charge in [-0.15, -0.1) is 0 Å². The van der Waals surface area contributed by atoms with Gasteiger partial charge in [0.25, 0.3) is 5.56 Å². The van der Waals surface area contributed by atoms with E-state index >= 15 is 0 Å². The first-order chi connectivity index (χ1) is 9.57. The molecule has 0 aliphatic heterocycles. The predicted octanol–water partition coefficient (Wildman–Crippen LogP) is 3.39. The van der Waals surface area contributed by atoms with Crippen LogP contribution in [-0.2, 0) is 15.7 Å². The van der Waals surface area contributed by atoms with Gasteiger partial charge in [0.05, 0.1) is 12.7 Å². The van der Waals surface area contributed by atoms with Crippen LogP contribution in [0.5, 0.6) is 0 Å². The molecule has 0 saturated carbocycles. The number of carbonyl (C=O) groups is 1. The van der Waals surface area contributed by atoms with Gasteiger partial charge in [0.2, 0.25) is 0 Å². The van der Waals surface area contributed by atoms with E-state index in [0.717, 1.165) is 10.8 Å². The number of ether oxygens (including phenoxy) is 1. The van der Waals surface area contributed by atoms with Crippen LogP contribution in [0, 0.1) is 5.92 Å². The van der Waals surface area contributed by atoms with E-state index in [0.29, 0.717) is 6.07 Å². The minimum absolute atomic E-state index is 0.0575. The molecule has 0 bridgehead atoms. The molecule has 1 heterocycles. The lowest BCUT2D eigenvalue weighted by atomic mass is 10.0. The Balaban J connectivity index is 3.37. The molecular formula is C13H15BrF3NO3. The quantitative estimate of drug-likeness (QED) is 0.764. The van der Waals surface area contributed by atoms with Crippen molar-refractivity contribution in [3.8, 4) is 0 Å². The summed E-state index contributed by atoms with van der Waals surface area (Å²) in [5, 5.41) is 0. The smallest absolute Gasteiger partial charge is 0.417 e. The van der Waals surface area contributed by atoms with Gasteiger partial charge < -0.3 is 9.30 Å². The third-order valence-electron chi connectivity index (χ3n) is 2.84. The van der Waals surface area contributed by atoms with Crippen LogP contribution in [0.15, 0.2) is 21.5 Å². The van der Waals surface area contributed by atoms with Crippen molar-refractivity contribution >= 4 is 21.9 Å². The molecule has 0 aliphatic rings. The molecule has 0 N–H and O–H groups in total. The lowest BCUT2D eigenvalue weighted by molar-refractivity contribution is -0.145. The molecule has 1 aromatic rings. The Morgan fingerprint density at radius 2 is 2.00 bits per heavy atom. The molecule has 0 spiro atoms. The van der Waals surface area contributed by atoms with Crippen LogP contribution >= 0.6 is 15.9 Å². The fourth-order valence-electron chi connectivity index (χ4n) is 1.89. The Morgan fingerprint density at radius 1 is 1.43 bits per heavy atom. The van der Waals surface area contributed by atoms with Gasteiger partial charge >= 0.3 is 12.1 Å². The zero-order chi connectivity index (χ0) is 16.4. The zero-order valence-corrected chi connectivity index (χ0v) is 13.3. The van der Waals surface area contributed by atoms with Crippen LogP contribution in [0.1, 0.15) is 31.9 Å². The molecule has 21 heavy (non-hydrogen) atoms. The molecule has 0 fully saturated rings. The van der Waals surface area contributed by atoms with Crippen LogP contribution in [0.3, 0.4) is 0 Å². The molecule has 1 rings (SSSR count). The molecule has 0 aromatic carbocycles. The van der Waals surface area contributed by atoms with E-state index in [9.17, 15) is 22.8 Å². The van der Waals surface area contributed by atoms with Crippen molar-refractivity contribution in [3.63, 3.8) is 0 Å². The number of aromatic nitrogens is 1. The first-order valence-electron chi connectivity index (χ1n) is 6.14. The van der Waals surface area contributed by atoms with Crippen molar-refractivity contribution in [3.05, 3.63) is 32.7 Å². The fraction of sp³-hybridized carbons (Fsp3) is 0.538. The number of hydrogen-bond donors (Lipinski definition) is 0. The second-order valence-electron chi connectivity index (χ2n) is 4.95. The van der Waals surface area contributed by atoms with Crippen LogP contribution in [0.4, 0.5) is 13.2 Å². The summed E-state index contributed by atoms with van der Waals surface area (Å²) in [5.41, 5.74) is -1.97. The number of nitrogens with zero attached hydrogens (tertiary/aromatic N) is 1. The second kappa shape index (κ2) is 6.64. The number of alkyl halides is 3. The number of pyridine rings is 1. The Morgan fingerprint density at radius 3 is 2.43 bits per heavy atom. The maximum Gasteiger partial charge on any atom is 0.417 e. The highest BCUT2D eigenvalue weighted by Crippen LogP contribution is 2.34. The van der Waals surface area contributed by atoms with Gasteiger partial charge in [-0.05, 0) is 28.3 Å². The standard InChI is InChI=1S/C13H15BrF3NO3/c1-7(2)4-10(12(20)21-3)18-6-9(14)8(5-11(18)19)13(15,16)17/h5-7,10H,4H2,1-3H3. The molecule has 118 valence electrons. The third-order valence-corrected chi connectivity index (χ3v) is 3.47. The third kappa shape index (κ3) is 4.33. The summed E-state index contributed by atoms with van der Waals surface area (Å²) in [6.07, 6.45) is -3.38. The Kier molecular flexibility index (Phi) is 5.61. The second-order valence-corrected chi connectivity index (χ2v) is 5.80. The SMILES string of the molecule is COC(=O)C(CC(C)C)n1cc(Br)c(C(F)(F)F)cc1=O. The molecule has 0 aliphatic carbocycles. The number of rotatable bonds is 4. The van der Waals surface area contributed by atoms with E-state index in [-0.39, 0.29) is 16.8 Å². The van der Waals surface area contributed by atoms with Gasteiger partial charge in [-0.3, -0.25) is 4.79 Å². The summed E-state index contributed by atoms with van der Waals surface area (Å²) < 4.78 is 43.5. The van der Waals surface area contributed by atoms with Gasteiger partial charge in [-0.1, -0.05) is 13.8 Å². The Bertz CT molecular complexity index is 581. The molecule has 1 atom stereocenters. The fourth-order valence-corrected chi connectivity index (χ4v) is 2.45. The minimum Gasteiger partial charge on any atom is -0.467 e. The number of carbonyl (C=O) groups excluding carboxylic acids is 1. The highest BCUT2D eigenvalue weighted by atomic mass is 79.9. The predicted molar refractivity (Wildman–Crippen MR) is 73.9 cm³/mol. The van der Waals surface area contributed by atoms with Crippen molar-refractivity contribution in [1.29, 1.82) is 0 Å². The minimum atomic E-state index is -4.64. The monoisotopic (exact) mass is 369 g/mol. The summed E-state index contributed by atoms with van der Waals surface area (Å²) in [4.78, 5) is 23.7. The number of esters is 1. The van der Waals surface area contributed by atoms with E-state index in [1.807, 2.05) is 13.8 Å². The van der Waals surface area contributed by atoms with Crippen LogP contribution in [-0.4, -0.2) is 17.6 Å². The van der Waals surface area contributed by atoms with Gasteiger partial charge in [-0.25, -0.2) is 4.79 Å². The van der Waals surface area contributed by atoms with Gasteiger partial charge in [0.1, 0.15) is 6.04 Å². The van der Waals surface area contributed by atoms with Gasteiger partial charge in [-0.2, -0.15) is 13.2 Å². The Labute approximate surface area is 128 Å². The maximum absolute atomic E-state index is 12.7. The summed E-state index contributed by atoms with van der Waals surface area (Å²) in [7, 11) is 1.17. The molecular weight excluding hydrogens is 355 g/mol. The molecule has 1 aromatic heterocycles. The summed E-state index contributed by atoms with van der Waals surface area (Å²) in [6, 6.07) is -0.485. The normalized spacial score (nSPS) is 13.3. The van der Waals surface area contributed by atoms with Crippen LogP contribution in [0.25, 0.3) is 0 Å². The van der Waals surface area contributed by atoms with Crippen molar-refractivity contribution in [2.45, 2.75) is 32.5 Å². The van der Waals surface area contributed by atoms with E-state index < -0.39 is 29.3 Å². The summed E-state index contributed by atoms with van der Waals surface area (Å²) >= 11 is 2.79. The Hall–Kier alpha value is -1.31. The number of hydrogen-bond acceptors (Lipinski definition) is 3. The lowest BCUT2D eigenvalue weighted by Gasteiger charge is -2.20. The van der Waals surface area contributed by atoms with Crippen molar-refractivity contribution < 1.29 is 22.7 Å². The largest absolute Gasteiger partial charge is 0.467 e. The van der Waals surface area contributed by atoms with Crippen molar-refractivity contribution in [2.75, 3.05) is 7.11 Å². The average Bonchev–Trinajstić information content (AvgIpc) is 2.36. The molecule has 8 heteroatoms. The van der Waals surface area contributed by atoms with Crippen LogP contribution in [0.2, 0.25) is 0 Å². The van der Waals surface area contributed by atoms with E-state index in [1.54, 1.807) is 0 Å². The highest BCUT2D eigenvalue weighted by Gasteiger charge is 2.35. The average molecular weight is 370 g/mol. The molecule has 0 saturated heterocycles. The van der Waals surface area contributed by atoms with E-state index in [4.69, 9.17) is 0 Å². The topological polar surface area (TPSA) is 48.3 Å². The van der Waals surface area contributed by atoms with Crippen molar-refractivity contribution in [2.24, 2.45) is 5.92 Å². The first kappa shape index (κ1) is 17.7. The highest BCUT2D eigenvalue weighted by molar-refractivity contribution is 9.10. The lowest BCUT2D eigenvalue weighted by Crippen LogP contribution is -2.32. The summed E-state index contributed by atoms with van der Waals surface area (Å²) in [5.74, 6) is -0.612. The summed E-state index contributed by atoms with van der Waals surface area (Å²) in [6.45, 7) is 3.67. The van der Waals surface area contributed by atoms with Crippen molar-refractivity contribution in [1.82, 2.24) is 4.57 Å². The number of methoxy groups -OCH3 is 1. The maximum atomic E-state index is 12.7. The molecule has 1 unspecified atom stereocenters. The van der Waals surface area contributed by atoms with Crippen LogP contribution < -0.4 is 5.56 Å². The van der Waals surface area contributed by atoms with E-state index in [2.05, 4.69) is 20.7 Å².